The SMILES string of the molecule is CCc1ccc(CCOc2ccc(C3C(Cl)C(=O)N3c3ccc(F)cc3)cc2)nc1. The number of hydrogen-bond acceptors (Lipinski definition) is 3. The quantitative estimate of drug-likeness (QED) is 0.391. The van der Waals surface area contributed by atoms with Crippen LogP contribution in [0.1, 0.15) is 29.8 Å². The van der Waals surface area contributed by atoms with Gasteiger partial charge >= 0.3 is 0 Å². The fourth-order valence-corrected chi connectivity index (χ4v) is 3.87. The molecule has 2 aromatic carbocycles. The van der Waals surface area contributed by atoms with Gasteiger partial charge < -0.3 is 9.64 Å². The third-order valence-electron chi connectivity index (χ3n) is 5.28. The van der Waals surface area contributed by atoms with E-state index in [2.05, 4.69) is 18.0 Å². The Morgan fingerprint density at radius 2 is 1.80 bits per heavy atom. The topological polar surface area (TPSA) is 42.4 Å². The molecule has 2 unspecified atom stereocenters. The summed E-state index contributed by atoms with van der Waals surface area (Å²) in [5, 5.41) is -0.640. The van der Waals surface area contributed by atoms with Crippen molar-refractivity contribution in [3.05, 3.63) is 89.5 Å². The number of hydrogen-bond donors (Lipinski definition) is 0. The Hall–Kier alpha value is -2.92. The Morgan fingerprint density at radius 3 is 2.43 bits per heavy atom. The molecule has 1 aromatic heterocycles. The molecule has 4 rings (SSSR count). The van der Waals surface area contributed by atoms with E-state index in [1.54, 1.807) is 17.0 Å². The van der Waals surface area contributed by atoms with Crippen LogP contribution in [-0.2, 0) is 17.6 Å². The summed E-state index contributed by atoms with van der Waals surface area (Å²) < 4.78 is 19.0. The second-order valence-corrected chi connectivity index (χ2v) is 7.68. The van der Waals surface area contributed by atoms with Gasteiger partial charge in [-0.05, 0) is 60.0 Å². The molecule has 3 aromatic rings. The summed E-state index contributed by atoms with van der Waals surface area (Å²) in [6.45, 7) is 2.63. The van der Waals surface area contributed by atoms with Crippen molar-refractivity contribution in [1.29, 1.82) is 0 Å². The lowest BCUT2D eigenvalue weighted by molar-refractivity contribution is -0.123. The third-order valence-corrected chi connectivity index (χ3v) is 5.70. The van der Waals surface area contributed by atoms with Crippen LogP contribution in [0.2, 0.25) is 0 Å². The van der Waals surface area contributed by atoms with Gasteiger partial charge in [0.1, 0.15) is 16.9 Å². The molecular formula is C24H22ClFN2O2. The number of amides is 1. The molecule has 6 heteroatoms. The minimum Gasteiger partial charge on any atom is -0.493 e. The van der Waals surface area contributed by atoms with Crippen molar-refractivity contribution in [2.45, 2.75) is 31.2 Å². The first-order chi connectivity index (χ1) is 14.6. The molecule has 1 fully saturated rings. The Morgan fingerprint density at radius 1 is 1.07 bits per heavy atom. The second kappa shape index (κ2) is 8.84. The maximum atomic E-state index is 13.2. The summed E-state index contributed by atoms with van der Waals surface area (Å²) >= 11 is 6.29. The number of β-lactam (4-membered cyclic amide) rings is 1. The summed E-state index contributed by atoms with van der Waals surface area (Å²) in [6, 6.07) is 17.2. The van der Waals surface area contributed by atoms with Gasteiger partial charge in [0.2, 0.25) is 5.91 Å². The van der Waals surface area contributed by atoms with Gasteiger partial charge in [0, 0.05) is 24.0 Å². The zero-order chi connectivity index (χ0) is 21.1. The predicted molar refractivity (Wildman–Crippen MR) is 116 cm³/mol. The maximum Gasteiger partial charge on any atom is 0.248 e. The number of aryl methyl sites for hydroxylation is 1. The van der Waals surface area contributed by atoms with Crippen molar-refractivity contribution >= 4 is 23.2 Å². The maximum absolute atomic E-state index is 13.2. The first kappa shape index (κ1) is 20.4. The van der Waals surface area contributed by atoms with E-state index in [-0.39, 0.29) is 17.8 Å². The third kappa shape index (κ3) is 4.17. The van der Waals surface area contributed by atoms with Crippen molar-refractivity contribution in [2.75, 3.05) is 11.5 Å². The number of ether oxygens (including phenoxy) is 1. The van der Waals surface area contributed by atoms with Gasteiger partial charge in [-0.3, -0.25) is 9.78 Å². The van der Waals surface area contributed by atoms with Crippen LogP contribution >= 0.6 is 11.6 Å². The summed E-state index contributed by atoms with van der Waals surface area (Å²) in [4.78, 5) is 18.3. The van der Waals surface area contributed by atoms with Crippen LogP contribution in [0, 0.1) is 5.82 Å². The van der Waals surface area contributed by atoms with Gasteiger partial charge in [-0.15, -0.1) is 11.6 Å². The van der Waals surface area contributed by atoms with Crippen molar-refractivity contribution in [3.8, 4) is 5.75 Å². The summed E-state index contributed by atoms with van der Waals surface area (Å²) in [6.07, 6.45) is 3.61. The molecule has 0 radical (unpaired) electrons. The summed E-state index contributed by atoms with van der Waals surface area (Å²) in [5.41, 5.74) is 3.75. The van der Waals surface area contributed by atoms with Crippen LogP contribution in [0.3, 0.4) is 0 Å². The van der Waals surface area contributed by atoms with Crippen LogP contribution in [0.5, 0.6) is 5.75 Å². The van der Waals surface area contributed by atoms with Crippen LogP contribution in [-0.4, -0.2) is 22.9 Å². The molecule has 2 atom stereocenters. The molecule has 0 saturated carbocycles. The van der Waals surface area contributed by atoms with E-state index in [4.69, 9.17) is 16.3 Å². The zero-order valence-electron chi connectivity index (χ0n) is 16.6. The highest BCUT2D eigenvalue weighted by atomic mass is 35.5. The molecule has 4 nitrogen and oxygen atoms in total. The smallest absolute Gasteiger partial charge is 0.248 e. The predicted octanol–water partition coefficient (Wildman–Crippen LogP) is 5.10. The first-order valence-electron chi connectivity index (χ1n) is 9.96. The van der Waals surface area contributed by atoms with Crippen LogP contribution in [0.15, 0.2) is 66.9 Å². The second-order valence-electron chi connectivity index (χ2n) is 7.21. The lowest BCUT2D eigenvalue weighted by Crippen LogP contribution is -2.56. The average Bonchev–Trinajstić information content (AvgIpc) is 2.79. The Kier molecular flexibility index (Phi) is 6.00. The lowest BCUT2D eigenvalue weighted by atomic mass is 9.92. The van der Waals surface area contributed by atoms with Crippen LogP contribution < -0.4 is 9.64 Å². The highest BCUT2D eigenvalue weighted by Gasteiger charge is 2.47. The minimum absolute atomic E-state index is 0.185. The molecule has 0 aliphatic carbocycles. The largest absolute Gasteiger partial charge is 0.493 e. The fraction of sp³-hybridized carbons (Fsp3) is 0.250. The number of halogens is 2. The molecule has 0 N–H and O–H groups in total. The van der Waals surface area contributed by atoms with Crippen LogP contribution in [0.25, 0.3) is 0 Å². The van der Waals surface area contributed by atoms with E-state index >= 15 is 0 Å². The Bertz CT molecular complexity index is 1010. The monoisotopic (exact) mass is 424 g/mol. The minimum atomic E-state index is -0.640. The Balaban J connectivity index is 1.38. The van der Waals surface area contributed by atoms with E-state index in [9.17, 15) is 9.18 Å². The molecule has 0 spiro atoms. The fourth-order valence-electron chi connectivity index (χ4n) is 3.51. The Labute approximate surface area is 180 Å². The van der Waals surface area contributed by atoms with Gasteiger partial charge in [-0.25, -0.2) is 4.39 Å². The number of nitrogens with zero attached hydrogens (tertiary/aromatic N) is 2. The number of alkyl halides is 1. The number of carbonyl (C=O) groups excluding carboxylic acids is 1. The number of benzene rings is 2. The van der Waals surface area contributed by atoms with Gasteiger partial charge in [0.05, 0.1) is 12.6 Å². The molecule has 2 heterocycles. The van der Waals surface area contributed by atoms with E-state index in [0.717, 1.165) is 29.8 Å². The first-order valence-corrected chi connectivity index (χ1v) is 10.4. The number of aromatic nitrogens is 1. The van der Waals surface area contributed by atoms with Crippen molar-refractivity contribution in [2.24, 2.45) is 0 Å². The van der Waals surface area contributed by atoms with Gasteiger partial charge in [0.15, 0.2) is 0 Å². The van der Waals surface area contributed by atoms with Gasteiger partial charge in [0.25, 0.3) is 0 Å². The number of anilines is 1. The lowest BCUT2D eigenvalue weighted by Gasteiger charge is -2.44. The van der Waals surface area contributed by atoms with E-state index in [1.807, 2.05) is 36.5 Å². The molecular weight excluding hydrogens is 403 g/mol. The summed E-state index contributed by atoms with van der Waals surface area (Å²) in [7, 11) is 0. The normalized spacial score (nSPS) is 18.2. The van der Waals surface area contributed by atoms with Crippen molar-refractivity contribution < 1.29 is 13.9 Å². The number of carbonyl (C=O) groups is 1. The number of rotatable bonds is 7. The van der Waals surface area contributed by atoms with Gasteiger partial charge in [-0.2, -0.15) is 0 Å². The average molecular weight is 425 g/mol. The molecule has 1 saturated heterocycles. The number of pyridine rings is 1. The van der Waals surface area contributed by atoms with Gasteiger partial charge in [-0.1, -0.05) is 25.1 Å². The highest BCUT2D eigenvalue weighted by molar-refractivity contribution is 6.37. The van der Waals surface area contributed by atoms with E-state index in [1.165, 1.54) is 17.7 Å². The molecule has 154 valence electrons. The highest BCUT2D eigenvalue weighted by Crippen LogP contribution is 2.42. The van der Waals surface area contributed by atoms with Crippen molar-refractivity contribution in [3.63, 3.8) is 0 Å². The van der Waals surface area contributed by atoms with E-state index in [0.29, 0.717) is 12.3 Å². The summed E-state index contributed by atoms with van der Waals surface area (Å²) in [5.74, 6) is 0.216. The molecule has 0 bridgehead atoms. The van der Waals surface area contributed by atoms with Crippen LogP contribution in [0.4, 0.5) is 10.1 Å². The molecule has 1 aliphatic heterocycles. The van der Waals surface area contributed by atoms with Crippen molar-refractivity contribution in [1.82, 2.24) is 4.98 Å². The van der Waals surface area contributed by atoms with E-state index < -0.39 is 5.38 Å². The standard InChI is InChI=1S/C24H22ClFN2O2/c1-2-16-3-8-19(27-15-16)13-14-30-21-11-4-17(5-12-21)23-22(25)24(29)28(23)20-9-6-18(26)7-10-20/h3-12,15,22-23H,2,13-14H2,1H3. The zero-order valence-corrected chi connectivity index (χ0v) is 17.3. The molecule has 1 amide bonds. The molecule has 1 aliphatic rings. The molecule has 30 heavy (non-hydrogen) atoms.